The van der Waals surface area contributed by atoms with E-state index in [1.54, 1.807) is 0 Å². The van der Waals surface area contributed by atoms with Crippen LogP contribution in [-0.4, -0.2) is 6.21 Å². The summed E-state index contributed by atoms with van der Waals surface area (Å²) in [6.07, 6.45) is 2.88. The molecule has 0 bridgehead atoms. The van der Waals surface area contributed by atoms with Crippen LogP contribution in [0.3, 0.4) is 0 Å². The Kier molecular flexibility index (Phi) is 6.89. The Hall–Kier alpha value is -1.11. The third-order valence-corrected chi connectivity index (χ3v) is 1.64. The van der Waals surface area contributed by atoms with Gasteiger partial charge in [-0.25, -0.2) is 0 Å². The van der Waals surface area contributed by atoms with E-state index in [2.05, 4.69) is 18.0 Å². The van der Waals surface area contributed by atoms with E-state index >= 15 is 0 Å². The fourth-order valence-corrected chi connectivity index (χ4v) is 1.07. The lowest BCUT2D eigenvalue weighted by Crippen LogP contribution is -1.79. The molecule has 0 heterocycles. The Bertz CT molecular complexity index is 251. The average Bonchev–Trinajstić information content (AvgIpc) is 2.22. The predicted molar refractivity (Wildman–Crippen MR) is 61.0 cm³/mol. The Labute approximate surface area is 81.5 Å². The Morgan fingerprint density at radius 2 is 1.85 bits per heavy atom. The van der Waals surface area contributed by atoms with E-state index < -0.39 is 0 Å². The van der Waals surface area contributed by atoms with Gasteiger partial charge in [0, 0.05) is 6.21 Å². The first kappa shape index (κ1) is 11.9. The van der Waals surface area contributed by atoms with Crippen molar-refractivity contribution in [2.75, 3.05) is 0 Å². The van der Waals surface area contributed by atoms with Crippen molar-refractivity contribution >= 4 is 11.9 Å². The SMILES string of the molecule is CC.CC=Nc1ccccc1CC. The van der Waals surface area contributed by atoms with E-state index in [0.717, 1.165) is 12.1 Å². The normalized spacial score (nSPS) is 9.54. The van der Waals surface area contributed by atoms with Crippen molar-refractivity contribution in [3.05, 3.63) is 29.8 Å². The van der Waals surface area contributed by atoms with Crippen LogP contribution >= 0.6 is 0 Å². The monoisotopic (exact) mass is 177 g/mol. The van der Waals surface area contributed by atoms with Crippen molar-refractivity contribution in [3.8, 4) is 0 Å². The third-order valence-electron chi connectivity index (χ3n) is 1.64. The topological polar surface area (TPSA) is 12.4 Å². The highest BCUT2D eigenvalue weighted by Gasteiger charge is 1.93. The summed E-state index contributed by atoms with van der Waals surface area (Å²) in [6.45, 7) is 8.08. The van der Waals surface area contributed by atoms with Crippen molar-refractivity contribution in [1.82, 2.24) is 0 Å². The highest BCUT2D eigenvalue weighted by molar-refractivity contribution is 5.62. The lowest BCUT2D eigenvalue weighted by atomic mass is 10.1. The van der Waals surface area contributed by atoms with Gasteiger partial charge < -0.3 is 0 Å². The van der Waals surface area contributed by atoms with E-state index in [1.165, 1.54) is 5.56 Å². The first-order chi connectivity index (χ1) is 6.38. The molecule has 0 unspecified atom stereocenters. The van der Waals surface area contributed by atoms with Gasteiger partial charge in [0.2, 0.25) is 0 Å². The van der Waals surface area contributed by atoms with Crippen molar-refractivity contribution in [1.29, 1.82) is 0 Å². The molecule has 0 saturated carbocycles. The molecule has 0 aliphatic rings. The maximum absolute atomic E-state index is 4.25. The molecule has 1 aromatic rings. The van der Waals surface area contributed by atoms with Gasteiger partial charge in [-0.05, 0) is 25.0 Å². The van der Waals surface area contributed by atoms with Gasteiger partial charge in [-0.2, -0.15) is 0 Å². The van der Waals surface area contributed by atoms with Crippen molar-refractivity contribution in [2.24, 2.45) is 4.99 Å². The minimum Gasteiger partial charge on any atom is -0.261 e. The summed E-state index contributed by atoms with van der Waals surface area (Å²) >= 11 is 0. The molecule has 0 radical (unpaired) electrons. The van der Waals surface area contributed by atoms with Crippen LogP contribution in [0.1, 0.15) is 33.3 Å². The van der Waals surface area contributed by atoms with Gasteiger partial charge in [-0.3, -0.25) is 4.99 Å². The van der Waals surface area contributed by atoms with E-state index in [1.807, 2.05) is 45.2 Å². The van der Waals surface area contributed by atoms with Crippen LogP contribution in [0.4, 0.5) is 5.69 Å². The Balaban J connectivity index is 0.000000671. The maximum atomic E-state index is 4.25. The molecule has 0 spiro atoms. The highest BCUT2D eigenvalue weighted by Crippen LogP contribution is 2.17. The first-order valence-electron chi connectivity index (χ1n) is 4.95. The largest absolute Gasteiger partial charge is 0.261 e. The summed E-state index contributed by atoms with van der Waals surface area (Å²) in [5.74, 6) is 0. The average molecular weight is 177 g/mol. The van der Waals surface area contributed by atoms with Crippen molar-refractivity contribution in [2.45, 2.75) is 34.1 Å². The van der Waals surface area contributed by atoms with Gasteiger partial charge in [0.25, 0.3) is 0 Å². The molecule has 0 N–H and O–H groups in total. The number of para-hydroxylation sites is 1. The maximum Gasteiger partial charge on any atom is 0.0657 e. The lowest BCUT2D eigenvalue weighted by Gasteiger charge is -1.99. The van der Waals surface area contributed by atoms with Gasteiger partial charge in [0.05, 0.1) is 5.69 Å². The molecule has 0 aliphatic heterocycles. The van der Waals surface area contributed by atoms with Crippen LogP contribution < -0.4 is 0 Å². The molecule has 1 heteroatoms. The van der Waals surface area contributed by atoms with Crippen LogP contribution in [0.2, 0.25) is 0 Å². The van der Waals surface area contributed by atoms with Crippen molar-refractivity contribution in [3.63, 3.8) is 0 Å². The smallest absolute Gasteiger partial charge is 0.0657 e. The zero-order chi connectivity index (χ0) is 10.1. The van der Waals surface area contributed by atoms with Crippen LogP contribution in [0.5, 0.6) is 0 Å². The minimum atomic E-state index is 1.05. The molecule has 72 valence electrons. The molecule has 13 heavy (non-hydrogen) atoms. The van der Waals surface area contributed by atoms with E-state index in [4.69, 9.17) is 0 Å². The molecule has 1 rings (SSSR count). The van der Waals surface area contributed by atoms with Gasteiger partial charge in [0.1, 0.15) is 0 Å². The number of benzene rings is 1. The number of nitrogens with zero attached hydrogens (tertiary/aromatic N) is 1. The number of aryl methyl sites for hydroxylation is 1. The molecule has 1 nitrogen and oxygen atoms in total. The second-order valence-corrected chi connectivity index (χ2v) is 2.37. The molecule has 0 saturated heterocycles. The summed E-state index contributed by atoms with van der Waals surface area (Å²) in [4.78, 5) is 4.25. The van der Waals surface area contributed by atoms with E-state index in [9.17, 15) is 0 Å². The Morgan fingerprint density at radius 3 is 2.38 bits per heavy atom. The molecular formula is C12H19N. The van der Waals surface area contributed by atoms with Crippen molar-refractivity contribution < 1.29 is 0 Å². The molecule has 0 aromatic heterocycles. The van der Waals surface area contributed by atoms with E-state index in [-0.39, 0.29) is 0 Å². The molecule has 1 aromatic carbocycles. The van der Waals surface area contributed by atoms with Crippen LogP contribution in [0.25, 0.3) is 0 Å². The first-order valence-corrected chi connectivity index (χ1v) is 4.95. The molecule has 0 amide bonds. The lowest BCUT2D eigenvalue weighted by molar-refractivity contribution is 1.13. The summed E-state index contributed by atoms with van der Waals surface area (Å²) < 4.78 is 0. The molecular weight excluding hydrogens is 158 g/mol. The standard InChI is InChI=1S/C10H13N.C2H6/c1-3-9-7-5-6-8-10(9)11-4-2;1-2/h4-8H,3H2,1-2H3;1-2H3. The second kappa shape index (κ2) is 7.53. The third kappa shape index (κ3) is 3.88. The zero-order valence-electron chi connectivity index (χ0n) is 9.04. The predicted octanol–water partition coefficient (Wildman–Crippen LogP) is 4.00. The molecule has 0 atom stereocenters. The van der Waals surface area contributed by atoms with Gasteiger partial charge in [-0.15, -0.1) is 0 Å². The number of aliphatic imine (C=N–C) groups is 1. The summed E-state index contributed by atoms with van der Waals surface area (Å²) in [7, 11) is 0. The van der Waals surface area contributed by atoms with Crippen LogP contribution in [0.15, 0.2) is 29.3 Å². The number of rotatable bonds is 2. The number of hydrogen-bond acceptors (Lipinski definition) is 1. The van der Waals surface area contributed by atoms with Gasteiger partial charge >= 0.3 is 0 Å². The van der Waals surface area contributed by atoms with E-state index in [0.29, 0.717) is 0 Å². The van der Waals surface area contributed by atoms with Crippen LogP contribution in [-0.2, 0) is 6.42 Å². The fraction of sp³-hybridized carbons (Fsp3) is 0.417. The summed E-state index contributed by atoms with van der Waals surface area (Å²) in [5.41, 5.74) is 2.41. The quantitative estimate of drug-likeness (QED) is 0.605. The molecule has 0 fully saturated rings. The summed E-state index contributed by atoms with van der Waals surface area (Å²) in [5, 5.41) is 0. The minimum absolute atomic E-state index is 1.05. The second-order valence-electron chi connectivity index (χ2n) is 2.37. The Morgan fingerprint density at radius 1 is 1.23 bits per heavy atom. The zero-order valence-corrected chi connectivity index (χ0v) is 9.04. The van der Waals surface area contributed by atoms with Gasteiger partial charge in [-0.1, -0.05) is 39.0 Å². The molecule has 0 aliphatic carbocycles. The van der Waals surface area contributed by atoms with Crippen LogP contribution in [0, 0.1) is 0 Å². The summed E-state index contributed by atoms with van der Waals surface area (Å²) in [6, 6.07) is 8.22. The highest BCUT2D eigenvalue weighted by atomic mass is 14.7. The fourth-order valence-electron chi connectivity index (χ4n) is 1.07. The van der Waals surface area contributed by atoms with Gasteiger partial charge in [0.15, 0.2) is 0 Å². The number of hydrogen-bond donors (Lipinski definition) is 0.